The third-order valence-electron chi connectivity index (χ3n) is 2.09. The summed E-state index contributed by atoms with van der Waals surface area (Å²) in [5, 5.41) is 4.98. The van der Waals surface area contributed by atoms with Gasteiger partial charge in [0.1, 0.15) is 11.5 Å². The molecule has 3 N–H and O–H groups in total. The number of nitrogens with zero attached hydrogens (tertiary/aromatic N) is 1. The summed E-state index contributed by atoms with van der Waals surface area (Å²) in [4.78, 5) is 16.8. The lowest BCUT2D eigenvalue weighted by Gasteiger charge is -2.05. The zero-order valence-corrected chi connectivity index (χ0v) is 10.4. The van der Waals surface area contributed by atoms with Crippen LogP contribution in [0.25, 0.3) is 0 Å². The SMILES string of the molecule is Nc1ccc(Cl)c(C(=O)NCc2cccs2)n1. The van der Waals surface area contributed by atoms with Crippen molar-refractivity contribution in [2.24, 2.45) is 0 Å². The van der Waals surface area contributed by atoms with Crippen LogP contribution in [-0.4, -0.2) is 10.9 Å². The summed E-state index contributed by atoms with van der Waals surface area (Å²) in [7, 11) is 0. The Balaban J connectivity index is 2.07. The number of hydrogen-bond acceptors (Lipinski definition) is 4. The number of anilines is 1. The number of carbonyl (C=O) groups excluding carboxylic acids is 1. The Morgan fingerprint density at radius 2 is 2.29 bits per heavy atom. The Labute approximate surface area is 107 Å². The summed E-state index contributed by atoms with van der Waals surface area (Å²) in [6.45, 7) is 0.462. The van der Waals surface area contributed by atoms with Crippen molar-refractivity contribution in [2.75, 3.05) is 5.73 Å². The van der Waals surface area contributed by atoms with Gasteiger partial charge in [0.15, 0.2) is 0 Å². The summed E-state index contributed by atoms with van der Waals surface area (Å²) < 4.78 is 0. The van der Waals surface area contributed by atoms with E-state index in [4.69, 9.17) is 17.3 Å². The standard InChI is InChI=1S/C11H10ClN3OS/c12-8-3-4-9(13)15-10(8)11(16)14-6-7-2-1-5-17-7/h1-5H,6H2,(H2,13,15)(H,14,16). The molecular weight excluding hydrogens is 258 g/mol. The second kappa shape index (κ2) is 5.16. The number of halogens is 1. The molecule has 0 fully saturated rings. The monoisotopic (exact) mass is 267 g/mol. The third kappa shape index (κ3) is 2.95. The summed E-state index contributed by atoms with van der Waals surface area (Å²) >= 11 is 7.45. The van der Waals surface area contributed by atoms with E-state index in [1.807, 2.05) is 17.5 Å². The average molecular weight is 268 g/mol. The molecule has 1 amide bonds. The Morgan fingerprint density at radius 1 is 1.47 bits per heavy atom. The van der Waals surface area contributed by atoms with Gasteiger partial charge in [-0.05, 0) is 23.6 Å². The van der Waals surface area contributed by atoms with Crippen LogP contribution in [0.2, 0.25) is 5.02 Å². The van der Waals surface area contributed by atoms with Crippen LogP contribution >= 0.6 is 22.9 Å². The minimum atomic E-state index is -0.323. The van der Waals surface area contributed by atoms with Crippen LogP contribution in [0.4, 0.5) is 5.82 Å². The number of nitrogens with two attached hydrogens (primary N) is 1. The van der Waals surface area contributed by atoms with Gasteiger partial charge < -0.3 is 11.1 Å². The lowest BCUT2D eigenvalue weighted by Crippen LogP contribution is -2.24. The first-order valence-corrected chi connectivity index (χ1v) is 6.15. The highest BCUT2D eigenvalue weighted by molar-refractivity contribution is 7.09. The first-order valence-electron chi connectivity index (χ1n) is 4.89. The molecule has 0 saturated carbocycles. The molecule has 0 aliphatic rings. The van der Waals surface area contributed by atoms with Gasteiger partial charge >= 0.3 is 0 Å². The number of nitrogen functional groups attached to an aromatic ring is 1. The van der Waals surface area contributed by atoms with Crippen LogP contribution in [0, 0.1) is 0 Å². The van der Waals surface area contributed by atoms with Gasteiger partial charge in [0.05, 0.1) is 11.6 Å². The molecule has 2 rings (SSSR count). The Morgan fingerprint density at radius 3 is 3.00 bits per heavy atom. The summed E-state index contributed by atoms with van der Waals surface area (Å²) in [6.07, 6.45) is 0. The van der Waals surface area contributed by atoms with E-state index in [1.54, 1.807) is 23.5 Å². The van der Waals surface area contributed by atoms with Crippen LogP contribution in [-0.2, 0) is 6.54 Å². The molecule has 0 bridgehead atoms. The number of thiophene rings is 1. The van der Waals surface area contributed by atoms with Gasteiger partial charge in [-0.2, -0.15) is 0 Å². The normalized spacial score (nSPS) is 10.2. The molecule has 2 aromatic rings. The van der Waals surface area contributed by atoms with Gasteiger partial charge in [-0.3, -0.25) is 4.79 Å². The maximum absolute atomic E-state index is 11.8. The fourth-order valence-corrected chi connectivity index (χ4v) is 2.12. The molecule has 0 aliphatic carbocycles. The maximum atomic E-state index is 11.8. The van der Waals surface area contributed by atoms with E-state index in [0.717, 1.165) is 4.88 Å². The molecule has 0 atom stereocenters. The second-order valence-electron chi connectivity index (χ2n) is 3.33. The highest BCUT2D eigenvalue weighted by atomic mass is 35.5. The predicted molar refractivity (Wildman–Crippen MR) is 69.1 cm³/mol. The van der Waals surface area contributed by atoms with Crippen LogP contribution < -0.4 is 11.1 Å². The minimum Gasteiger partial charge on any atom is -0.384 e. The molecule has 88 valence electrons. The van der Waals surface area contributed by atoms with Crippen molar-refractivity contribution in [3.05, 3.63) is 45.2 Å². The third-order valence-corrected chi connectivity index (χ3v) is 3.27. The highest BCUT2D eigenvalue weighted by Gasteiger charge is 2.12. The van der Waals surface area contributed by atoms with Crippen molar-refractivity contribution in [3.63, 3.8) is 0 Å². The van der Waals surface area contributed by atoms with Crippen LogP contribution in [0.15, 0.2) is 29.6 Å². The van der Waals surface area contributed by atoms with Crippen molar-refractivity contribution < 1.29 is 4.79 Å². The predicted octanol–water partition coefficient (Wildman–Crippen LogP) is 2.31. The fraction of sp³-hybridized carbons (Fsp3) is 0.0909. The molecule has 0 unspecified atom stereocenters. The van der Waals surface area contributed by atoms with E-state index in [9.17, 15) is 4.79 Å². The second-order valence-corrected chi connectivity index (χ2v) is 4.77. The van der Waals surface area contributed by atoms with Crippen molar-refractivity contribution in [1.82, 2.24) is 10.3 Å². The molecule has 0 aliphatic heterocycles. The van der Waals surface area contributed by atoms with Gasteiger partial charge in [0.2, 0.25) is 0 Å². The van der Waals surface area contributed by atoms with Crippen LogP contribution in [0.1, 0.15) is 15.4 Å². The van der Waals surface area contributed by atoms with Gasteiger partial charge in [-0.1, -0.05) is 17.7 Å². The zero-order chi connectivity index (χ0) is 12.3. The van der Waals surface area contributed by atoms with Crippen molar-refractivity contribution in [1.29, 1.82) is 0 Å². The highest BCUT2D eigenvalue weighted by Crippen LogP contribution is 2.15. The molecule has 4 nitrogen and oxygen atoms in total. The number of aromatic nitrogens is 1. The van der Waals surface area contributed by atoms with E-state index in [2.05, 4.69) is 10.3 Å². The topological polar surface area (TPSA) is 68.0 Å². The summed E-state index contributed by atoms with van der Waals surface area (Å²) in [5.41, 5.74) is 5.66. The number of rotatable bonds is 3. The van der Waals surface area contributed by atoms with Gasteiger partial charge in [-0.15, -0.1) is 11.3 Å². The van der Waals surface area contributed by atoms with Crippen molar-refractivity contribution in [2.45, 2.75) is 6.54 Å². The van der Waals surface area contributed by atoms with E-state index >= 15 is 0 Å². The van der Waals surface area contributed by atoms with E-state index in [0.29, 0.717) is 11.6 Å². The van der Waals surface area contributed by atoms with Crippen molar-refractivity contribution in [3.8, 4) is 0 Å². The molecule has 2 aromatic heterocycles. The molecule has 0 saturated heterocycles. The first-order chi connectivity index (χ1) is 8.16. The Kier molecular flexibility index (Phi) is 3.61. The molecule has 6 heteroatoms. The largest absolute Gasteiger partial charge is 0.384 e. The molecule has 17 heavy (non-hydrogen) atoms. The molecule has 0 radical (unpaired) electrons. The van der Waals surface area contributed by atoms with E-state index < -0.39 is 0 Å². The quantitative estimate of drug-likeness (QED) is 0.897. The number of carbonyl (C=O) groups is 1. The lowest BCUT2D eigenvalue weighted by molar-refractivity contribution is 0.0946. The number of nitrogens with one attached hydrogen (secondary N) is 1. The minimum absolute atomic E-state index is 0.156. The molecule has 0 spiro atoms. The van der Waals surface area contributed by atoms with Gasteiger partial charge in [0.25, 0.3) is 5.91 Å². The smallest absolute Gasteiger partial charge is 0.271 e. The fourth-order valence-electron chi connectivity index (χ4n) is 1.28. The number of hydrogen-bond donors (Lipinski definition) is 2. The van der Waals surface area contributed by atoms with Crippen molar-refractivity contribution >= 4 is 34.7 Å². The lowest BCUT2D eigenvalue weighted by atomic mass is 10.3. The summed E-state index contributed by atoms with van der Waals surface area (Å²) in [5.74, 6) is -0.0497. The zero-order valence-electron chi connectivity index (χ0n) is 8.81. The summed E-state index contributed by atoms with van der Waals surface area (Å²) in [6, 6.07) is 6.99. The first kappa shape index (κ1) is 11.9. The number of amides is 1. The van der Waals surface area contributed by atoms with E-state index in [1.165, 1.54) is 0 Å². The Bertz CT molecular complexity index is 528. The van der Waals surface area contributed by atoms with E-state index in [-0.39, 0.29) is 17.4 Å². The molecule has 0 aromatic carbocycles. The molecule has 2 heterocycles. The average Bonchev–Trinajstić information content (AvgIpc) is 2.82. The maximum Gasteiger partial charge on any atom is 0.271 e. The van der Waals surface area contributed by atoms with Gasteiger partial charge in [-0.25, -0.2) is 4.98 Å². The van der Waals surface area contributed by atoms with Gasteiger partial charge in [0, 0.05) is 4.88 Å². The molecular formula is C11H10ClN3OS. The van der Waals surface area contributed by atoms with Crippen LogP contribution in [0.3, 0.4) is 0 Å². The Hall–Kier alpha value is -1.59. The van der Waals surface area contributed by atoms with Crippen LogP contribution in [0.5, 0.6) is 0 Å². The number of pyridine rings is 1.